The highest BCUT2D eigenvalue weighted by molar-refractivity contribution is 5.74. The Morgan fingerprint density at radius 2 is 2.10 bits per heavy atom. The molecule has 1 aliphatic heterocycles. The van der Waals surface area contributed by atoms with Crippen molar-refractivity contribution in [3.63, 3.8) is 0 Å². The highest BCUT2D eigenvalue weighted by Gasteiger charge is 2.49. The highest BCUT2D eigenvalue weighted by atomic mass is 16.4. The Morgan fingerprint density at radius 1 is 1.33 bits per heavy atom. The molecule has 5 heteroatoms. The first kappa shape index (κ1) is 14.2. The van der Waals surface area contributed by atoms with Crippen molar-refractivity contribution in [1.82, 2.24) is 4.90 Å². The van der Waals surface area contributed by atoms with Crippen molar-refractivity contribution >= 4 is 5.97 Å². The normalized spacial score (nSPS) is 30.2. The van der Waals surface area contributed by atoms with E-state index in [2.05, 4.69) is 0 Å². The number of hydrogen-bond donors (Lipinski definition) is 3. The van der Waals surface area contributed by atoms with Crippen LogP contribution < -0.4 is 0 Å². The summed E-state index contributed by atoms with van der Waals surface area (Å²) in [6.45, 7) is 2.69. The molecule has 5 nitrogen and oxygen atoms in total. The Balaban J connectivity index is 1.89. The van der Waals surface area contributed by atoms with Crippen molar-refractivity contribution < 1.29 is 20.1 Å². The fraction of sp³-hybridized carbons (Fsp3) is 0.562. The maximum atomic E-state index is 11.7. The van der Waals surface area contributed by atoms with E-state index in [1.165, 1.54) is 12.1 Å². The third-order valence-electron chi connectivity index (χ3n) is 5.14. The van der Waals surface area contributed by atoms with Crippen molar-refractivity contribution in [2.45, 2.75) is 38.3 Å². The summed E-state index contributed by atoms with van der Waals surface area (Å²) in [5.74, 6) is -0.0632. The van der Waals surface area contributed by atoms with Crippen LogP contribution in [0.4, 0.5) is 0 Å². The molecule has 1 aromatic rings. The van der Waals surface area contributed by atoms with Crippen molar-refractivity contribution in [2.24, 2.45) is 11.8 Å². The number of rotatable bonds is 3. The molecule has 1 saturated heterocycles. The first-order chi connectivity index (χ1) is 9.99. The Morgan fingerprint density at radius 3 is 2.76 bits per heavy atom. The fourth-order valence-electron chi connectivity index (χ4n) is 4.13. The van der Waals surface area contributed by atoms with Gasteiger partial charge in [0.25, 0.3) is 0 Å². The summed E-state index contributed by atoms with van der Waals surface area (Å²) in [5, 5.41) is 29.0. The monoisotopic (exact) mass is 291 g/mol. The van der Waals surface area contributed by atoms with Crippen LogP contribution in [-0.2, 0) is 4.79 Å². The van der Waals surface area contributed by atoms with Gasteiger partial charge >= 0.3 is 5.97 Å². The van der Waals surface area contributed by atoms with Gasteiger partial charge in [-0.05, 0) is 37.7 Å². The summed E-state index contributed by atoms with van der Waals surface area (Å²) < 4.78 is 0. The molecule has 21 heavy (non-hydrogen) atoms. The zero-order chi connectivity index (χ0) is 15.1. The largest absolute Gasteiger partial charge is 0.508 e. The first-order valence-electron chi connectivity index (χ1n) is 7.49. The molecule has 4 unspecified atom stereocenters. The van der Waals surface area contributed by atoms with Crippen LogP contribution >= 0.6 is 0 Å². The molecule has 0 aromatic heterocycles. The van der Waals surface area contributed by atoms with E-state index in [1.807, 2.05) is 11.8 Å². The Hall–Kier alpha value is -1.75. The molecule has 2 aliphatic rings. The van der Waals surface area contributed by atoms with Crippen LogP contribution in [0.1, 0.15) is 37.8 Å². The number of aliphatic carboxylic acids is 1. The first-order valence-corrected chi connectivity index (χ1v) is 7.49. The number of likely N-dealkylation sites (tertiary alicyclic amines) is 1. The van der Waals surface area contributed by atoms with Gasteiger partial charge in [0.15, 0.2) is 0 Å². The molecule has 3 rings (SSSR count). The lowest BCUT2D eigenvalue weighted by Crippen LogP contribution is -2.41. The predicted octanol–water partition coefficient (Wildman–Crippen LogP) is 2.34. The number of benzene rings is 1. The van der Waals surface area contributed by atoms with E-state index >= 15 is 0 Å². The quantitative estimate of drug-likeness (QED) is 0.796. The number of fused-ring (bicyclic) bond motifs is 1. The number of carboxylic acids is 1. The topological polar surface area (TPSA) is 81.0 Å². The zero-order valence-corrected chi connectivity index (χ0v) is 12.1. The van der Waals surface area contributed by atoms with Crippen LogP contribution in [0.5, 0.6) is 11.5 Å². The molecule has 1 heterocycles. The number of phenolic OH excluding ortho intramolecular Hbond substituents is 2. The fourth-order valence-corrected chi connectivity index (χ4v) is 4.13. The van der Waals surface area contributed by atoms with Crippen LogP contribution in [0.15, 0.2) is 18.2 Å². The van der Waals surface area contributed by atoms with E-state index in [-0.39, 0.29) is 23.5 Å². The van der Waals surface area contributed by atoms with Gasteiger partial charge in [-0.15, -0.1) is 0 Å². The molecule has 0 spiro atoms. The molecule has 2 fully saturated rings. The standard InChI is InChI=1S/C16H21NO4/c1-9(12-6-5-11(18)7-14(12)19)17-8-10-3-2-4-13(10)15(17)16(20)21/h5-7,9-10,13,15,18-19H,2-4,8H2,1H3,(H,20,21). The van der Waals surface area contributed by atoms with Crippen LogP contribution in [0.3, 0.4) is 0 Å². The van der Waals surface area contributed by atoms with Gasteiger partial charge in [-0.2, -0.15) is 0 Å². The number of nitrogens with zero attached hydrogens (tertiary/aromatic N) is 1. The van der Waals surface area contributed by atoms with Crippen molar-refractivity contribution in [3.8, 4) is 11.5 Å². The van der Waals surface area contributed by atoms with E-state index in [0.717, 1.165) is 25.8 Å². The molecule has 0 amide bonds. The molecule has 0 radical (unpaired) electrons. The van der Waals surface area contributed by atoms with Gasteiger partial charge in [-0.1, -0.05) is 12.5 Å². The van der Waals surface area contributed by atoms with Gasteiger partial charge in [0.1, 0.15) is 17.5 Å². The minimum atomic E-state index is -0.769. The second kappa shape index (κ2) is 5.22. The zero-order valence-electron chi connectivity index (χ0n) is 12.1. The maximum Gasteiger partial charge on any atom is 0.321 e. The molecular weight excluding hydrogens is 270 g/mol. The van der Waals surface area contributed by atoms with Crippen LogP contribution in [-0.4, -0.2) is 38.8 Å². The lowest BCUT2D eigenvalue weighted by molar-refractivity contribution is -0.144. The SMILES string of the molecule is CC(c1ccc(O)cc1O)N1CC2CCCC2C1C(=O)O. The Labute approximate surface area is 123 Å². The summed E-state index contributed by atoms with van der Waals surface area (Å²) >= 11 is 0. The number of carbonyl (C=O) groups is 1. The van der Waals surface area contributed by atoms with Gasteiger partial charge in [0.05, 0.1) is 0 Å². The van der Waals surface area contributed by atoms with Crippen LogP contribution in [0, 0.1) is 11.8 Å². The molecule has 3 N–H and O–H groups in total. The smallest absolute Gasteiger partial charge is 0.321 e. The van der Waals surface area contributed by atoms with E-state index in [0.29, 0.717) is 11.5 Å². The van der Waals surface area contributed by atoms with Gasteiger partial charge in [-0.3, -0.25) is 9.69 Å². The number of phenols is 2. The Kier molecular flexibility index (Phi) is 3.53. The second-order valence-corrected chi connectivity index (χ2v) is 6.25. The lowest BCUT2D eigenvalue weighted by atomic mass is 9.94. The molecule has 4 atom stereocenters. The van der Waals surface area contributed by atoms with E-state index in [4.69, 9.17) is 0 Å². The molecule has 0 bridgehead atoms. The van der Waals surface area contributed by atoms with Crippen molar-refractivity contribution in [1.29, 1.82) is 0 Å². The summed E-state index contributed by atoms with van der Waals surface area (Å²) in [6, 6.07) is 3.84. The van der Waals surface area contributed by atoms with E-state index < -0.39 is 12.0 Å². The van der Waals surface area contributed by atoms with Crippen LogP contribution in [0.25, 0.3) is 0 Å². The van der Waals surface area contributed by atoms with E-state index in [9.17, 15) is 20.1 Å². The molecule has 114 valence electrons. The number of aromatic hydroxyl groups is 2. The number of hydrogen-bond acceptors (Lipinski definition) is 4. The van der Waals surface area contributed by atoms with Gasteiger partial charge in [0, 0.05) is 24.2 Å². The molecule has 1 aromatic carbocycles. The van der Waals surface area contributed by atoms with Gasteiger partial charge in [-0.25, -0.2) is 0 Å². The molecule has 1 aliphatic carbocycles. The van der Waals surface area contributed by atoms with Gasteiger partial charge in [0.2, 0.25) is 0 Å². The minimum absolute atomic E-state index is 0.0107. The highest BCUT2D eigenvalue weighted by Crippen LogP contribution is 2.46. The third-order valence-corrected chi connectivity index (χ3v) is 5.14. The lowest BCUT2D eigenvalue weighted by Gasteiger charge is -2.31. The average Bonchev–Trinajstić information content (AvgIpc) is 2.96. The van der Waals surface area contributed by atoms with E-state index in [1.54, 1.807) is 6.07 Å². The summed E-state index contributed by atoms with van der Waals surface area (Å²) in [4.78, 5) is 13.7. The number of carboxylic acid groups (broad SMARTS) is 1. The van der Waals surface area contributed by atoms with Crippen molar-refractivity contribution in [3.05, 3.63) is 23.8 Å². The summed E-state index contributed by atoms with van der Waals surface area (Å²) in [5.41, 5.74) is 0.666. The second-order valence-electron chi connectivity index (χ2n) is 6.25. The third kappa shape index (κ3) is 2.35. The Bertz CT molecular complexity index is 559. The van der Waals surface area contributed by atoms with Crippen molar-refractivity contribution in [2.75, 3.05) is 6.54 Å². The predicted molar refractivity (Wildman–Crippen MR) is 77.1 cm³/mol. The summed E-state index contributed by atoms with van der Waals surface area (Å²) in [7, 11) is 0. The minimum Gasteiger partial charge on any atom is -0.508 e. The van der Waals surface area contributed by atoms with Gasteiger partial charge < -0.3 is 15.3 Å². The maximum absolute atomic E-state index is 11.7. The van der Waals surface area contributed by atoms with Crippen LogP contribution in [0.2, 0.25) is 0 Å². The average molecular weight is 291 g/mol. The molecule has 1 saturated carbocycles. The summed E-state index contributed by atoms with van der Waals surface area (Å²) in [6.07, 6.45) is 3.19. The molecular formula is C16H21NO4.